The van der Waals surface area contributed by atoms with Crippen molar-refractivity contribution >= 4 is 0 Å². The Hall–Kier alpha value is -1.33. The van der Waals surface area contributed by atoms with Gasteiger partial charge in [-0.3, -0.25) is 0 Å². The standard InChI is InChI=1S/C11H14N2/c1-8-4-10(7-12)6-11(5-8)9(2)13-3/h4-6,9,13H,1-3H3/t9-/m1/s1. The molecule has 1 rings (SSSR count). The van der Waals surface area contributed by atoms with Gasteiger partial charge in [-0.1, -0.05) is 6.07 Å². The van der Waals surface area contributed by atoms with E-state index in [9.17, 15) is 0 Å². The minimum Gasteiger partial charge on any atom is -0.313 e. The summed E-state index contributed by atoms with van der Waals surface area (Å²) >= 11 is 0. The predicted octanol–water partition coefficient (Wildman–Crippen LogP) is 2.15. The molecule has 0 saturated carbocycles. The summed E-state index contributed by atoms with van der Waals surface area (Å²) in [5.41, 5.74) is 3.03. The lowest BCUT2D eigenvalue weighted by Crippen LogP contribution is -2.12. The molecule has 0 unspecified atom stereocenters. The second-order valence-corrected chi connectivity index (χ2v) is 3.25. The van der Waals surface area contributed by atoms with Crippen LogP contribution in [0.1, 0.15) is 29.7 Å². The first-order valence-electron chi connectivity index (χ1n) is 4.36. The highest BCUT2D eigenvalue weighted by Gasteiger charge is 2.03. The summed E-state index contributed by atoms with van der Waals surface area (Å²) in [5.74, 6) is 0. The van der Waals surface area contributed by atoms with Gasteiger partial charge in [0.2, 0.25) is 0 Å². The molecule has 0 aliphatic carbocycles. The van der Waals surface area contributed by atoms with E-state index in [1.165, 1.54) is 5.56 Å². The Bertz CT molecular complexity index is 336. The van der Waals surface area contributed by atoms with Crippen LogP contribution in [-0.2, 0) is 0 Å². The van der Waals surface area contributed by atoms with Gasteiger partial charge < -0.3 is 5.32 Å². The number of hydrogen-bond donors (Lipinski definition) is 1. The summed E-state index contributed by atoms with van der Waals surface area (Å²) in [4.78, 5) is 0. The SMILES string of the molecule is CN[C@H](C)c1cc(C)cc(C#N)c1. The van der Waals surface area contributed by atoms with Crippen molar-refractivity contribution in [3.63, 3.8) is 0 Å². The lowest BCUT2D eigenvalue weighted by Gasteiger charge is -2.11. The van der Waals surface area contributed by atoms with Gasteiger partial charge in [0.15, 0.2) is 0 Å². The van der Waals surface area contributed by atoms with Crippen LogP contribution in [0.3, 0.4) is 0 Å². The van der Waals surface area contributed by atoms with Crippen molar-refractivity contribution < 1.29 is 0 Å². The Morgan fingerprint density at radius 1 is 1.38 bits per heavy atom. The molecule has 0 saturated heterocycles. The van der Waals surface area contributed by atoms with E-state index in [1.807, 2.05) is 26.1 Å². The average molecular weight is 174 g/mol. The van der Waals surface area contributed by atoms with E-state index < -0.39 is 0 Å². The fourth-order valence-corrected chi connectivity index (χ4v) is 1.29. The first-order chi connectivity index (χ1) is 6.17. The first kappa shape index (κ1) is 9.76. The third kappa shape index (κ3) is 2.30. The van der Waals surface area contributed by atoms with Crippen LogP contribution in [0.2, 0.25) is 0 Å². The van der Waals surface area contributed by atoms with Crippen LogP contribution in [0.5, 0.6) is 0 Å². The number of nitriles is 1. The lowest BCUT2D eigenvalue weighted by molar-refractivity contribution is 0.651. The van der Waals surface area contributed by atoms with Gasteiger partial charge in [-0.05, 0) is 44.2 Å². The van der Waals surface area contributed by atoms with Crippen LogP contribution in [-0.4, -0.2) is 7.05 Å². The van der Waals surface area contributed by atoms with Gasteiger partial charge in [0.25, 0.3) is 0 Å². The summed E-state index contributed by atoms with van der Waals surface area (Å²) in [7, 11) is 1.92. The smallest absolute Gasteiger partial charge is 0.0991 e. The van der Waals surface area contributed by atoms with Crippen LogP contribution in [0.15, 0.2) is 18.2 Å². The van der Waals surface area contributed by atoms with Crippen LogP contribution in [0, 0.1) is 18.3 Å². The number of nitrogens with one attached hydrogen (secondary N) is 1. The van der Waals surface area contributed by atoms with Gasteiger partial charge in [-0.2, -0.15) is 5.26 Å². The molecule has 1 N–H and O–H groups in total. The molecule has 2 heteroatoms. The number of nitrogens with zero attached hydrogens (tertiary/aromatic N) is 1. The Balaban J connectivity index is 3.10. The lowest BCUT2D eigenvalue weighted by atomic mass is 10.0. The maximum absolute atomic E-state index is 8.77. The molecular formula is C11H14N2. The highest BCUT2D eigenvalue weighted by Crippen LogP contribution is 2.15. The molecule has 1 aromatic carbocycles. The fraction of sp³-hybridized carbons (Fsp3) is 0.364. The van der Waals surface area contributed by atoms with Gasteiger partial charge in [-0.25, -0.2) is 0 Å². The van der Waals surface area contributed by atoms with E-state index >= 15 is 0 Å². The molecule has 1 aromatic rings. The van der Waals surface area contributed by atoms with E-state index in [0.717, 1.165) is 11.1 Å². The monoisotopic (exact) mass is 174 g/mol. The first-order valence-corrected chi connectivity index (χ1v) is 4.36. The van der Waals surface area contributed by atoms with E-state index in [-0.39, 0.29) is 0 Å². The average Bonchev–Trinajstić information content (AvgIpc) is 2.15. The van der Waals surface area contributed by atoms with Crippen molar-refractivity contribution in [2.45, 2.75) is 19.9 Å². The summed E-state index contributed by atoms with van der Waals surface area (Å²) in [5, 5.41) is 11.9. The van der Waals surface area contributed by atoms with Gasteiger partial charge in [-0.15, -0.1) is 0 Å². The molecular weight excluding hydrogens is 160 g/mol. The summed E-state index contributed by atoms with van der Waals surface area (Å²) in [6.07, 6.45) is 0. The molecule has 0 aliphatic heterocycles. The minimum atomic E-state index is 0.298. The van der Waals surface area contributed by atoms with Crippen LogP contribution >= 0.6 is 0 Å². The van der Waals surface area contributed by atoms with Crippen LogP contribution in [0.25, 0.3) is 0 Å². The molecule has 13 heavy (non-hydrogen) atoms. The molecule has 0 radical (unpaired) electrons. The van der Waals surface area contributed by atoms with Crippen molar-refractivity contribution in [3.8, 4) is 6.07 Å². The maximum atomic E-state index is 8.77. The van der Waals surface area contributed by atoms with Crippen LogP contribution < -0.4 is 5.32 Å². The van der Waals surface area contributed by atoms with E-state index in [2.05, 4.69) is 24.4 Å². The normalized spacial score (nSPS) is 12.2. The fourth-order valence-electron chi connectivity index (χ4n) is 1.29. The highest BCUT2D eigenvalue weighted by molar-refractivity contribution is 5.38. The molecule has 0 spiro atoms. The minimum absolute atomic E-state index is 0.298. The molecule has 0 heterocycles. The quantitative estimate of drug-likeness (QED) is 0.745. The number of aryl methyl sites for hydroxylation is 1. The van der Waals surface area contributed by atoms with Crippen molar-refractivity contribution in [2.24, 2.45) is 0 Å². The summed E-state index contributed by atoms with van der Waals surface area (Å²) in [6, 6.07) is 8.38. The van der Waals surface area contributed by atoms with Gasteiger partial charge in [0.05, 0.1) is 11.6 Å². The van der Waals surface area contributed by atoms with E-state index in [4.69, 9.17) is 5.26 Å². The molecule has 0 bridgehead atoms. The molecule has 68 valence electrons. The molecule has 0 aromatic heterocycles. The largest absolute Gasteiger partial charge is 0.313 e. The third-order valence-corrected chi connectivity index (χ3v) is 2.16. The van der Waals surface area contributed by atoms with Gasteiger partial charge in [0, 0.05) is 6.04 Å². The van der Waals surface area contributed by atoms with Crippen molar-refractivity contribution in [3.05, 3.63) is 34.9 Å². The summed E-state index contributed by atoms with van der Waals surface area (Å²) < 4.78 is 0. The zero-order valence-electron chi connectivity index (χ0n) is 8.26. The van der Waals surface area contributed by atoms with Crippen molar-refractivity contribution in [1.29, 1.82) is 5.26 Å². The maximum Gasteiger partial charge on any atom is 0.0991 e. The molecule has 1 atom stereocenters. The Morgan fingerprint density at radius 3 is 2.62 bits per heavy atom. The Kier molecular flexibility index (Phi) is 3.05. The second-order valence-electron chi connectivity index (χ2n) is 3.25. The summed E-state index contributed by atoms with van der Waals surface area (Å²) in [6.45, 7) is 4.09. The number of rotatable bonds is 2. The van der Waals surface area contributed by atoms with Crippen molar-refractivity contribution in [1.82, 2.24) is 5.32 Å². The molecule has 0 aliphatic rings. The van der Waals surface area contributed by atoms with Crippen molar-refractivity contribution in [2.75, 3.05) is 7.05 Å². The molecule has 0 fully saturated rings. The van der Waals surface area contributed by atoms with Gasteiger partial charge in [0.1, 0.15) is 0 Å². The highest BCUT2D eigenvalue weighted by atomic mass is 14.8. The third-order valence-electron chi connectivity index (χ3n) is 2.16. The van der Waals surface area contributed by atoms with Crippen LogP contribution in [0.4, 0.5) is 0 Å². The zero-order chi connectivity index (χ0) is 9.84. The predicted molar refractivity (Wildman–Crippen MR) is 53.4 cm³/mol. The van der Waals surface area contributed by atoms with Gasteiger partial charge >= 0.3 is 0 Å². The Labute approximate surface area is 79.2 Å². The Morgan fingerprint density at radius 2 is 2.08 bits per heavy atom. The number of hydrogen-bond acceptors (Lipinski definition) is 2. The second kappa shape index (κ2) is 4.06. The topological polar surface area (TPSA) is 35.8 Å². The van der Waals surface area contributed by atoms with E-state index in [0.29, 0.717) is 6.04 Å². The molecule has 2 nitrogen and oxygen atoms in total. The zero-order valence-corrected chi connectivity index (χ0v) is 8.26. The molecule has 0 amide bonds. The number of benzene rings is 1. The van der Waals surface area contributed by atoms with E-state index in [1.54, 1.807) is 0 Å².